The van der Waals surface area contributed by atoms with Crippen molar-refractivity contribution in [3.8, 4) is 0 Å². The van der Waals surface area contributed by atoms with Crippen molar-refractivity contribution in [2.24, 2.45) is 5.11 Å². The molecule has 0 bridgehead atoms. The summed E-state index contributed by atoms with van der Waals surface area (Å²) in [5.74, 6) is 0. The lowest BCUT2D eigenvalue weighted by atomic mass is 10.1. The number of nitro benzene ring substituents is 1. The summed E-state index contributed by atoms with van der Waals surface area (Å²) in [6, 6.07) is 2.42. The van der Waals surface area contributed by atoms with Gasteiger partial charge in [-0.3, -0.25) is 19.6 Å². The molecule has 0 aliphatic rings. The highest BCUT2D eigenvalue weighted by atomic mass is 32.2. The molecule has 0 aliphatic carbocycles. The Morgan fingerprint density at radius 3 is 2.48 bits per heavy atom. The minimum Gasteiger partial charge on any atom is -0.320 e. The zero-order chi connectivity index (χ0) is 19.0. The number of alkyl halides is 3. The highest BCUT2D eigenvalue weighted by molar-refractivity contribution is 7.93. The molecule has 2 rings (SSSR count). The van der Waals surface area contributed by atoms with Crippen molar-refractivity contribution < 1.29 is 26.5 Å². The van der Waals surface area contributed by atoms with Crippen molar-refractivity contribution in [2.45, 2.75) is 5.51 Å². The van der Waals surface area contributed by atoms with Gasteiger partial charge in [-0.25, -0.2) is 0 Å². The van der Waals surface area contributed by atoms with Crippen LogP contribution in [0.25, 0.3) is 21.3 Å². The second kappa shape index (κ2) is 5.95. The van der Waals surface area contributed by atoms with Gasteiger partial charge in [0, 0.05) is 21.9 Å². The number of azide groups is 1. The summed E-state index contributed by atoms with van der Waals surface area (Å²) in [6.07, 6.45) is 0. The number of nitrogens with zero attached hydrogens (tertiary/aromatic N) is 4. The Labute approximate surface area is 134 Å². The molecule has 0 spiro atoms. The molecule has 0 amide bonds. The van der Waals surface area contributed by atoms with Gasteiger partial charge in [-0.2, -0.15) is 21.6 Å². The molecule has 0 aliphatic heterocycles. The number of nitro groups is 1. The minimum atomic E-state index is -5.86. The van der Waals surface area contributed by atoms with Gasteiger partial charge in [-0.05, 0) is 17.7 Å². The van der Waals surface area contributed by atoms with E-state index < -0.39 is 43.1 Å². The lowest BCUT2D eigenvalue weighted by Gasteiger charge is -2.10. The van der Waals surface area contributed by atoms with Gasteiger partial charge in [0.2, 0.25) is 0 Å². The van der Waals surface area contributed by atoms with E-state index in [1.165, 1.54) is 0 Å². The largest absolute Gasteiger partial charge is 0.516 e. The number of aromatic amines is 1. The van der Waals surface area contributed by atoms with Gasteiger partial charge in [0.15, 0.2) is 0 Å². The number of hydrogen-bond acceptors (Lipinski definition) is 6. The van der Waals surface area contributed by atoms with Gasteiger partial charge in [0.1, 0.15) is 11.4 Å². The van der Waals surface area contributed by atoms with Crippen LogP contribution >= 0.6 is 0 Å². The quantitative estimate of drug-likeness (QED) is 0.273. The van der Waals surface area contributed by atoms with Gasteiger partial charge in [0.05, 0.1) is 4.92 Å². The molecule has 1 aromatic heterocycles. The van der Waals surface area contributed by atoms with E-state index in [9.17, 15) is 36.5 Å². The molecule has 0 fully saturated rings. The van der Waals surface area contributed by atoms with Gasteiger partial charge >= 0.3 is 15.5 Å². The molecule has 132 valence electrons. The fraction of sp³-hybridized carbons (Fsp3) is 0.100. The van der Waals surface area contributed by atoms with E-state index >= 15 is 0 Å². The third kappa shape index (κ3) is 3.46. The molecule has 1 heterocycles. The molecular formula is C10H5F3N6O5S. The first-order valence-electron chi connectivity index (χ1n) is 5.96. The van der Waals surface area contributed by atoms with E-state index in [0.29, 0.717) is 6.07 Å². The van der Waals surface area contributed by atoms with E-state index in [1.54, 1.807) is 0 Å². The first-order valence-corrected chi connectivity index (χ1v) is 7.44. The average molecular weight is 378 g/mol. The van der Waals surface area contributed by atoms with E-state index in [4.69, 9.17) is 5.53 Å². The molecule has 1 aromatic carbocycles. The second-order valence-corrected chi connectivity index (χ2v) is 6.11. The molecule has 0 radical (unpaired) electrons. The summed E-state index contributed by atoms with van der Waals surface area (Å²) in [5, 5.41) is 13.9. The van der Waals surface area contributed by atoms with Crippen LogP contribution in [-0.4, -0.2) is 23.8 Å². The van der Waals surface area contributed by atoms with Crippen LogP contribution in [0.5, 0.6) is 0 Å². The third-order valence-electron chi connectivity index (χ3n) is 2.84. The number of fused-ring (bicyclic) bond motifs is 1. The lowest BCUT2D eigenvalue weighted by Crippen LogP contribution is -2.32. The Morgan fingerprint density at radius 1 is 1.32 bits per heavy atom. The predicted molar refractivity (Wildman–Crippen MR) is 78.6 cm³/mol. The van der Waals surface area contributed by atoms with Crippen LogP contribution in [0.1, 0.15) is 0 Å². The molecule has 2 aromatic rings. The average Bonchev–Trinajstić information content (AvgIpc) is 2.46. The third-order valence-corrected chi connectivity index (χ3v) is 3.94. The molecule has 2 N–H and O–H groups in total. The SMILES string of the molecule is [N-]=[N+]=Nc1cc2[nH]c(=O)c(NS(=O)(=O)C(F)(F)F)cc2cc1[N+](=O)[O-]. The highest BCUT2D eigenvalue weighted by Crippen LogP contribution is 2.32. The fourth-order valence-electron chi connectivity index (χ4n) is 1.78. The predicted octanol–water partition coefficient (Wildman–Crippen LogP) is 2.64. The Bertz CT molecular complexity index is 1090. The first-order chi connectivity index (χ1) is 11.5. The van der Waals surface area contributed by atoms with Gasteiger partial charge in [-0.1, -0.05) is 5.11 Å². The van der Waals surface area contributed by atoms with E-state index in [0.717, 1.165) is 16.9 Å². The zero-order valence-corrected chi connectivity index (χ0v) is 12.4. The van der Waals surface area contributed by atoms with Crippen LogP contribution in [0, 0.1) is 10.1 Å². The monoisotopic (exact) mass is 378 g/mol. The number of halogens is 3. The van der Waals surface area contributed by atoms with E-state index in [-0.39, 0.29) is 10.9 Å². The summed E-state index contributed by atoms with van der Waals surface area (Å²) < 4.78 is 60.3. The summed E-state index contributed by atoms with van der Waals surface area (Å²) in [7, 11) is -5.86. The van der Waals surface area contributed by atoms with E-state index in [1.807, 2.05) is 4.98 Å². The van der Waals surface area contributed by atoms with Crippen molar-refractivity contribution in [3.05, 3.63) is 49.1 Å². The number of H-pyrrole nitrogens is 1. The van der Waals surface area contributed by atoms with Crippen LogP contribution in [-0.2, 0) is 10.0 Å². The maximum absolute atomic E-state index is 12.4. The Morgan fingerprint density at radius 2 is 1.96 bits per heavy atom. The van der Waals surface area contributed by atoms with Crippen LogP contribution in [0.4, 0.5) is 30.2 Å². The molecule has 0 atom stereocenters. The molecule has 15 heteroatoms. The van der Waals surface area contributed by atoms with E-state index in [2.05, 4.69) is 10.0 Å². The molecule has 0 unspecified atom stereocenters. The zero-order valence-electron chi connectivity index (χ0n) is 11.6. The van der Waals surface area contributed by atoms with Crippen LogP contribution < -0.4 is 10.3 Å². The number of anilines is 1. The van der Waals surface area contributed by atoms with Crippen LogP contribution in [0.15, 0.2) is 28.1 Å². The molecule has 0 saturated carbocycles. The summed E-state index contributed by atoms with van der Waals surface area (Å²) >= 11 is 0. The maximum atomic E-state index is 12.4. The van der Waals surface area contributed by atoms with Gasteiger partial charge < -0.3 is 4.98 Å². The van der Waals surface area contributed by atoms with Crippen molar-refractivity contribution in [2.75, 3.05) is 4.72 Å². The Kier molecular flexibility index (Phi) is 4.29. The van der Waals surface area contributed by atoms with Gasteiger partial charge in [-0.15, -0.1) is 0 Å². The second-order valence-electron chi connectivity index (χ2n) is 4.44. The van der Waals surface area contributed by atoms with Crippen molar-refractivity contribution >= 4 is 38.0 Å². The van der Waals surface area contributed by atoms with Crippen LogP contribution in [0.2, 0.25) is 0 Å². The summed E-state index contributed by atoms with van der Waals surface area (Å²) in [6.45, 7) is 0. The normalized spacial score (nSPS) is 11.8. The standard InChI is InChI=1S/C10H5F3N6O5S/c11-10(12,13)25(23,24)17-7-1-4-2-8(19(21)22)6(16-18-14)3-5(4)15-9(7)20/h1-3,17H,(H,15,20). The number of sulfonamides is 1. The smallest absolute Gasteiger partial charge is 0.320 e. The van der Waals surface area contributed by atoms with Gasteiger partial charge in [0.25, 0.3) is 11.2 Å². The fourth-order valence-corrected chi connectivity index (χ4v) is 2.34. The lowest BCUT2D eigenvalue weighted by molar-refractivity contribution is -0.383. The number of pyridine rings is 1. The number of benzene rings is 1. The molecule has 11 nitrogen and oxygen atoms in total. The first kappa shape index (κ1) is 18.0. The maximum Gasteiger partial charge on any atom is 0.516 e. The van der Waals surface area contributed by atoms with Crippen LogP contribution in [0.3, 0.4) is 0 Å². The van der Waals surface area contributed by atoms with Crippen molar-refractivity contribution in [1.82, 2.24) is 4.98 Å². The van der Waals surface area contributed by atoms with Crippen molar-refractivity contribution in [3.63, 3.8) is 0 Å². The number of hydrogen-bond donors (Lipinski definition) is 2. The minimum absolute atomic E-state index is 0.118. The van der Waals surface area contributed by atoms with Crippen molar-refractivity contribution in [1.29, 1.82) is 0 Å². The summed E-state index contributed by atoms with van der Waals surface area (Å²) in [5.41, 5.74) is -0.760. The number of nitrogens with one attached hydrogen (secondary N) is 2. The molecular weight excluding hydrogens is 373 g/mol. The topological polar surface area (TPSA) is 171 Å². The Hall–Kier alpha value is -3.32. The summed E-state index contributed by atoms with van der Waals surface area (Å²) in [4.78, 5) is 26.2. The number of aromatic nitrogens is 1. The molecule has 25 heavy (non-hydrogen) atoms. The Balaban J connectivity index is 2.69. The highest BCUT2D eigenvalue weighted by Gasteiger charge is 2.46. The number of rotatable bonds is 4. The molecule has 0 saturated heterocycles.